The van der Waals surface area contributed by atoms with Gasteiger partial charge >= 0.3 is 0 Å². The minimum atomic E-state index is -0.396. The molecule has 3 nitrogen and oxygen atoms in total. The summed E-state index contributed by atoms with van der Waals surface area (Å²) in [5.74, 6) is 0.220. The van der Waals surface area contributed by atoms with Crippen molar-refractivity contribution in [2.45, 2.75) is 31.6 Å². The third-order valence-electron chi connectivity index (χ3n) is 2.56. The molecule has 0 aliphatic rings. The molecule has 0 aromatic heterocycles. The minimum absolute atomic E-state index is 0.0754. The maximum atomic E-state index is 10.5. The molecule has 15 heavy (non-hydrogen) atoms. The summed E-state index contributed by atoms with van der Waals surface area (Å²) >= 11 is 6.12. The van der Waals surface area contributed by atoms with Crippen molar-refractivity contribution in [1.29, 1.82) is 0 Å². The first-order valence-electron chi connectivity index (χ1n) is 4.94. The van der Waals surface area contributed by atoms with Gasteiger partial charge in [0.15, 0.2) is 0 Å². The van der Waals surface area contributed by atoms with Crippen LogP contribution in [0.3, 0.4) is 0 Å². The van der Waals surface area contributed by atoms with Gasteiger partial charge in [-0.25, -0.2) is 0 Å². The van der Waals surface area contributed by atoms with E-state index < -0.39 is 4.92 Å². The van der Waals surface area contributed by atoms with Crippen LogP contribution < -0.4 is 0 Å². The maximum Gasteiger partial charge on any atom is 0.269 e. The van der Waals surface area contributed by atoms with Crippen molar-refractivity contribution < 1.29 is 4.92 Å². The first-order chi connectivity index (χ1) is 7.06. The molecule has 1 aromatic rings. The molecule has 0 aliphatic carbocycles. The monoisotopic (exact) mass is 227 g/mol. The topological polar surface area (TPSA) is 43.1 Å². The van der Waals surface area contributed by atoms with E-state index in [1.54, 1.807) is 12.1 Å². The van der Waals surface area contributed by atoms with Gasteiger partial charge < -0.3 is 0 Å². The van der Waals surface area contributed by atoms with Crippen molar-refractivity contribution in [3.63, 3.8) is 0 Å². The fourth-order valence-corrected chi connectivity index (χ4v) is 1.61. The molecule has 0 radical (unpaired) electrons. The number of alkyl halides is 1. The van der Waals surface area contributed by atoms with Crippen LogP contribution in [-0.4, -0.2) is 10.3 Å². The molecule has 0 spiro atoms. The van der Waals surface area contributed by atoms with Crippen LogP contribution >= 0.6 is 11.6 Å². The number of non-ortho nitro benzene ring substituents is 1. The Hall–Kier alpha value is -1.09. The highest BCUT2D eigenvalue weighted by atomic mass is 35.5. The summed E-state index contributed by atoms with van der Waals surface area (Å²) in [5.41, 5.74) is 1.16. The van der Waals surface area contributed by atoms with Crippen molar-refractivity contribution in [2.24, 2.45) is 0 Å². The van der Waals surface area contributed by atoms with Crippen molar-refractivity contribution in [3.05, 3.63) is 39.9 Å². The predicted molar refractivity (Wildman–Crippen MR) is 61.4 cm³/mol. The molecule has 2 atom stereocenters. The van der Waals surface area contributed by atoms with Crippen LogP contribution in [-0.2, 0) is 0 Å². The average molecular weight is 228 g/mol. The first-order valence-corrected chi connectivity index (χ1v) is 5.38. The number of nitro benzene ring substituents is 1. The summed E-state index contributed by atoms with van der Waals surface area (Å²) < 4.78 is 0. The Kier molecular flexibility index (Phi) is 4.09. The molecule has 1 aromatic carbocycles. The molecule has 1 rings (SSSR count). The lowest BCUT2D eigenvalue weighted by atomic mass is 9.96. The SMILES string of the molecule is CCC(Cl)C(C)c1ccc([N+](=O)[O-])cc1. The first kappa shape index (κ1) is 12.0. The van der Waals surface area contributed by atoms with Gasteiger partial charge in [-0.2, -0.15) is 0 Å². The van der Waals surface area contributed by atoms with E-state index in [-0.39, 0.29) is 17.0 Å². The fourth-order valence-electron chi connectivity index (χ4n) is 1.46. The Morgan fingerprint density at radius 2 is 1.93 bits per heavy atom. The molecule has 0 aliphatic heterocycles. The quantitative estimate of drug-likeness (QED) is 0.447. The highest BCUT2D eigenvalue weighted by Gasteiger charge is 2.15. The van der Waals surface area contributed by atoms with Gasteiger partial charge in [-0.1, -0.05) is 26.0 Å². The van der Waals surface area contributed by atoms with Crippen molar-refractivity contribution in [2.75, 3.05) is 0 Å². The summed E-state index contributed by atoms with van der Waals surface area (Å²) in [4.78, 5) is 10.1. The van der Waals surface area contributed by atoms with Crippen LogP contribution in [0, 0.1) is 10.1 Å². The van der Waals surface area contributed by atoms with E-state index in [1.165, 1.54) is 12.1 Å². The Morgan fingerprint density at radius 3 is 2.33 bits per heavy atom. The molecule has 0 bridgehead atoms. The summed E-state index contributed by atoms with van der Waals surface area (Å²) in [5, 5.41) is 10.5. The molecule has 0 amide bonds. The third kappa shape index (κ3) is 2.93. The van der Waals surface area contributed by atoms with Gasteiger partial charge in [0, 0.05) is 17.5 Å². The van der Waals surface area contributed by atoms with Crippen LogP contribution in [0.25, 0.3) is 0 Å². The molecule has 2 unspecified atom stereocenters. The van der Waals surface area contributed by atoms with Crippen LogP contribution in [0.2, 0.25) is 0 Å². The average Bonchev–Trinajstić information content (AvgIpc) is 2.27. The van der Waals surface area contributed by atoms with Crippen LogP contribution in [0.5, 0.6) is 0 Å². The van der Waals surface area contributed by atoms with Crippen molar-refractivity contribution >= 4 is 17.3 Å². The van der Waals surface area contributed by atoms with Gasteiger partial charge in [0.05, 0.1) is 4.92 Å². The third-order valence-corrected chi connectivity index (χ3v) is 3.25. The van der Waals surface area contributed by atoms with E-state index in [0.29, 0.717) is 0 Å². The smallest absolute Gasteiger partial charge is 0.258 e. The van der Waals surface area contributed by atoms with E-state index in [1.807, 2.05) is 13.8 Å². The molecule has 82 valence electrons. The lowest BCUT2D eigenvalue weighted by molar-refractivity contribution is -0.384. The zero-order chi connectivity index (χ0) is 11.4. The molecule has 0 heterocycles. The number of benzene rings is 1. The van der Waals surface area contributed by atoms with E-state index in [2.05, 4.69) is 0 Å². The maximum absolute atomic E-state index is 10.5. The zero-order valence-corrected chi connectivity index (χ0v) is 9.57. The second kappa shape index (κ2) is 5.12. The van der Waals surface area contributed by atoms with Gasteiger partial charge in [0.1, 0.15) is 0 Å². The molecule has 0 N–H and O–H groups in total. The minimum Gasteiger partial charge on any atom is -0.258 e. The highest BCUT2D eigenvalue weighted by molar-refractivity contribution is 6.21. The Morgan fingerprint density at radius 1 is 1.40 bits per heavy atom. The van der Waals surface area contributed by atoms with E-state index in [0.717, 1.165) is 12.0 Å². The van der Waals surface area contributed by atoms with E-state index in [4.69, 9.17) is 11.6 Å². The van der Waals surface area contributed by atoms with Gasteiger partial charge in [-0.05, 0) is 17.9 Å². The highest BCUT2D eigenvalue weighted by Crippen LogP contribution is 2.26. The zero-order valence-electron chi connectivity index (χ0n) is 8.81. The van der Waals surface area contributed by atoms with Crippen LogP contribution in [0.4, 0.5) is 5.69 Å². The standard InChI is InChI=1S/C11H14ClNO2/c1-3-11(12)8(2)9-4-6-10(7-5-9)13(14)15/h4-8,11H,3H2,1-2H3. The molecular formula is C11H14ClNO2. The second-order valence-corrected chi connectivity index (χ2v) is 4.12. The van der Waals surface area contributed by atoms with Gasteiger partial charge in [-0.3, -0.25) is 10.1 Å². The fraction of sp³-hybridized carbons (Fsp3) is 0.455. The summed E-state index contributed by atoms with van der Waals surface area (Å²) in [7, 11) is 0. The number of nitro groups is 1. The Balaban J connectivity index is 2.84. The van der Waals surface area contributed by atoms with Gasteiger partial charge in [-0.15, -0.1) is 11.6 Å². The Labute approximate surface area is 94.2 Å². The van der Waals surface area contributed by atoms with Crippen molar-refractivity contribution in [3.8, 4) is 0 Å². The largest absolute Gasteiger partial charge is 0.269 e. The summed E-state index contributed by atoms with van der Waals surface area (Å²) in [6.45, 7) is 4.06. The number of halogens is 1. The molecule has 0 fully saturated rings. The van der Waals surface area contributed by atoms with Crippen LogP contribution in [0.15, 0.2) is 24.3 Å². The van der Waals surface area contributed by atoms with Crippen LogP contribution in [0.1, 0.15) is 31.7 Å². The van der Waals surface area contributed by atoms with Gasteiger partial charge in [0.2, 0.25) is 0 Å². The normalized spacial score (nSPS) is 14.6. The molecule has 0 saturated heterocycles. The molecule has 0 saturated carbocycles. The predicted octanol–water partition coefficient (Wildman–Crippen LogP) is 3.72. The summed E-state index contributed by atoms with van der Waals surface area (Å²) in [6.07, 6.45) is 0.889. The van der Waals surface area contributed by atoms with Crippen molar-refractivity contribution in [1.82, 2.24) is 0 Å². The lowest BCUT2D eigenvalue weighted by Gasteiger charge is -2.16. The molecular weight excluding hydrogens is 214 g/mol. The van der Waals surface area contributed by atoms with E-state index in [9.17, 15) is 10.1 Å². The number of rotatable bonds is 4. The molecule has 4 heteroatoms. The summed E-state index contributed by atoms with van der Waals surface area (Å²) in [6, 6.07) is 6.58. The van der Waals surface area contributed by atoms with Gasteiger partial charge in [0.25, 0.3) is 5.69 Å². The number of nitrogens with zero attached hydrogens (tertiary/aromatic N) is 1. The number of hydrogen-bond acceptors (Lipinski definition) is 2. The number of hydrogen-bond donors (Lipinski definition) is 0. The van der Waals surface area contributed by atoms with E-state index >= 15 is 0 Å². The lowest BCUT2D eigenvalue weighted by Crippen LogP contribution is -2.08. The second-order valence-electron chi connectivity index (χ2n) is 3.56. The Bertz CT molecular complexity index is 337.